The van der Waals surface area contributed by atoms with Gasteiger partial charge in [0.2, 0.25) is 10.0 Å². The van der Waals surface area contributed by atoms with Crippen LogP contribution in [0.4, 0.5) is 14.5 Å². The van der Waals surface area contributed by atoms with Gasteiger partial charge in [-0.25, -0.2) is 21.9 Å². The second-order valence-electron chi connectivity index (χ2n) is 4.57. The lowest BCUT2D eigenvalue weighted by molar-refractivity contribution is 0.172. The Labute approximate surface area is 116 Å². The maximum absolute atomic E-state index is 13.7. The molecule has 0 radical (unpaired) electrons. The number of nitrogen functional groups attached to an aromatic ring is 1. The van der Waals surface area contributed by atoms with Crippen LogP contribution in [-0.4, -0.2) is 25.7 Å². The predicted molar refractivity (Wildman–Crippen MR) is 71.5 cm³/mol. The van der Waals surface area contributed by atoms with E-state index in [1.165, 1.54) is 0 Å². The highest BCUT2D eigenvalue weighted by atomic mass is 32.2. The summed E-state index contributed by atoms with van der Waals surface area (Å²) in [6.45, 7) is 2.91. The smallest absolute Gasteiger partial charge is 0.244 e. The van der Waals surface area contributed by atoms with Crippen LogP contribution >= 0.6 is 0 Å². The van der Waals surface area contributed by atoms with Gasteiger partial charge in [-0.1, -0.05) is 13.8 Å². The number of rotatable bonds is 6. The highest BCUT2D eigenvalue weighted by molar-refractivity contribution is 7.89. The van der Waals surface area contributed by atoms with Crippen molar-refractivity contribution in [1.82, 2.24) is 4.72 Å². The lowest BCUT2D eigenvalue weighted by atomic mass is 9.96. The van der Waals surface area contributed by atoms with E-state index in [1.807, 2.05) is 0 Å². The normalized spacial score (nSPS) is 12.7. The van der Waals surface area contributed by atoms with Gasteiger partial charge in [0, 0.05) is 5.69 Å². The number of anilines is 1. The summed E-state index contributed by atoms with van der Waals surface area (Å²) in [4.78, 5) is -0.866. The number of hydrogen-bond donors (Lipinski definition) is 3. The molecule has 0 aromatic heterocycles. The zero-order valence-corrected chi connectivity index (χ0v) is 12.1. The van der Waals surface area contributed by atoms with E-state index in [0.717, 1.165) is 6.07 Å². The van der Waals surface area contributed by atoms with E-state index >= 15 is 0 Å². The van der Waals surface area contributed by atoms with E-state index in [2.05, 4.69) is 4.72 Å². The van der Waals surface area contributed by atoms with Crippen LogP contribution in [0.25, 0.3) is 0 Å². The van der Waals surface area contributed by atoms with Gasteiger partial charge in [0.1, 0.15) is 4.90 Å². The molecule has 0 fully saturated rings. The van der Waals surface area contributed by atoms with E-state index in [1.54, 1.807) is 13.8 Å². The minimum absolute atomic E-state index is 0.202. The van der Waals surface area contributed by atoms with Crippen molar-refractivity contribution in [2.75, 3.05) is 12.3 Å². The van der Waals surface area contributed by atoms with Crippen molar-refractivity contribution in [1.29, 1.82) is 0 Å². The summed E-state index contributed by atoms with van der Waals surface area (Å²) >= 11 is 0. The third-order valence-electron chi connectivity index (χ3n) is 3.31. The van der Waals surface area contributed by atoms with Crippen molar-refractivity contribution in [2.24, 2.45) is 0 Å². The maximum Gasteiger partial charge on any atom is 0.244 e. The van der Waals surface area contributed by atoms with Crippen LogP contribution in [-0.2, 0) is 10.0 Å². The monoisotopic (exact) mass is 308 g/mol. The number of benzene rings is 1. The number of aliphatic hydroxyl groups is 1. The fourth-order valence-electron chi connectivity index (χ4n) is 1.77. The van der Waals surface area contributed by atoms with Gasteiger partial charge in [0.15, 0.2) is 11.6 Å². The van der Waals surface area contributed by atoms with E-state index < -0.39 is 38.7 Å². The number of nitrogens with two attached hydrogens (primary N) is 1. The summed E-state index contributed by atoms with van der Waals surface area (Å²) in [5.41, 5.74) is 4.02. The molecule has 5 nitrogen and oxygen atoms in total. The molecule has 1 aromatic rings. The zero-order chi connectivity index (χ0) is 15.6. The first-order valence-corrected chi connectivity index (χ1v) is 7.59. The summed E-state index contributed by atoms with van der Waals surface area (Å²) in [6.07, 6.45) is 0.595. The molecule has 0 aliphatic carbocycles. The Bertz CT molecular complexity index is 578. The number of hydrogen-bond acceptors (Lipinski definition) is 4. The van der Waals surface area contributed by atoms with Crippen molar-refractivity contribution in [3.63, 3.8) is 0 Å². The average molecular weight is 308 g/mol. The van der Waals surface area contributed by atoms with E-state index in [0.29, 0.717) is 18.9 Å². The molecule has 0 bridgehead atoms. The first kappa shape index (κ1) is 16.8. The number of halogens is 2. The molecule has 0 unspecified atom stereocenters. The minimum atomic E-state index is -4.33. The standard InChI is InChI=1S/C12H18F2N2O3S/c1-3-12(4-2,7-17)16-20(18,19)10-6-8(15)5-9(13)11(10)14/h5-6,16-17H,3-4,7,15H2,1-2H3. The van der Waals surface area contributed by atoms with Crippen molar-refractivity contribution in [3.8, 4) is 0 Å². The topological polar surface area (TPSA) is 92.4 Å². The van der Waals surface area contributed by atoms with Crippen LogP contribution in [0.5, 0.6) is 0 Å². The van der Waals surface area contributed by atoms with Gasteiger partial charge in [-0.15, -0.1) is 0 Å². The SMILES string of the molecule is CCC(CC)(CO)NS(=O)(=O)c1cc(N)cc(F)c1F. The molecule has 1 aromatic carbocycles. The quantitative estimate of drug-likeness (QED) is 0.692. The Kier molecular flexibility index (Phi) is 5.06. The molecule has 4 N–H and O–H groups in total. The molecule has 20 heavy (non-hydrogen) atoms. The van der Waals surface area contributed by atoms with Crippen molar-refractivity contribution in [3.05, 3.63) is 23.8 Å². The van der Waals surface area contributed by atoms with Crippen LogP contribution in [0.3, 0.4) is 0 Å². The minimum Gasteiger partial charge on any atom is -0.399 e. The van der Waals surface area contributed by atoms with Gasteiger partial charge in [0.05, 0.1) is 12.1 Å². The molecule has 114 valence electrons. The van der Waals surface area contributed by atoms with Crippen molar-refractivity contribution >= 4 is 15.7 Å². The highest BCUT2D eigenvalue weighted by Crippen LogP contribution is 2.24. The van der Waals surface area contributed by atoms with E-state index in [-0.39, 0.29) is 5.69 Å². The summed E-state index contributed by atoms with van der Waals surface area (Å²) in [5.74, 6) is -2.83. The lowest BCUT2D eigenvalue weighted by Crippen LogP contribution is -2.50. The summed E-state index contributed by atoms with van der Waals surface area (Å²) in [5, 5.41) is 9.35. The Morgan fingerprint density at radius 3 is 2.30 bits per heavy atom. The number of nitrogens with one attached hydrogen (secondary N) is 1. The molecule has 0 atom stereocenters. The third-order valence-corrected chi connectivity index (χ3v) is 4.89. The highest BCUT2D eigenvalue weighted by Gasteiger charge is 2.33. The Morgan fingerprint density at radius 1 is 1.30 bits per heavy atom. The first-order valence-electron chi connectivity index (χ1n) is 6.10. The van der Waals surface area contributed by atoms with Gasteiger partial charge in [-0.2, -0.15) is 0 Å². The summed E-state index contributed by atoms with van der Waals surface area (Å²) in [7, 11) is -4.33. The third kappa shape index (κ3) is 3.25. The molecule has 0 saturated carbocycles. The summed E-state index contributed by atoms with van der Waals surface area (Å²) in [6, 6.07) is 1.54. The number of sulfonamides is 1. The first-order chi connectivity index (χ1) is 9.21. The number of aliphatic hydroxyl groups excluding tert-OH is 1. The van der Waals surface area contributed by atoms with Gasteiger partial charge in [-0.3, -0.25) is 0 Å². The molecule has 0 aliphatic heterocycles. The van der Waals surface area contributed by atoms with E-state index in [9.17, 15) is 22.3 Å². The Morgan fingerprint density at radius 2 is 1.85 bits per heavy atom. The van der Waals surface area contributed by atoms with Crippen molar-refractivity contribution in [2.45, 2.75) is 37.1 Å². The van der Waals surface area contributed by atoms with Crippen LogP contribution in [0.15, 0.2) is 17.0 Å². The average Bonchev–Trinajstić information content (AvgIpc) is 2.40. The molecular weight excluding hydrogens is 290 g/mol. The molecule has 1 rings (SSSR count). The van der Waals surface area contributed by atoms with Gasteiger partial charge in [-0.05, 0) is 25.0 Å². The van der Waals surface area contributed by atoms with Crippen LogP contribution < -0.4 is 10.5 Å². The predicted octanol–water partition coefficient (Wildman–Crippen LogP) is 1.38. The second-order valence-corrected chi connectivity index (χ2v) is 6.22. The fourth-order valence-corrected chi connectivity index (χ4v) is 3.43. The molecule has 0 heterocycles. The largest absolute Gasteiger partial charge is 0.399 e. The van der Waals surface area contributed by atoms with Crippen LogP contribution in [0.2, 0.25) is 0 Å². The summed E-state index contributed by atoms with van der Waals surface area (Å²) < 4.78 is 53.5. The molecule has 8 heteroatoms. The van der Waals surface area contributed by atoms with Crippen molar-refractivity contribution < 1.29 is 22.3 Å². The molecule has 0 amide bonds. The molecular formula is C12H18F2N2O3S. The van der Waals surface area contributed by atoms with E-state index in [4.69, 9.17) is 5.73 Å². The molecule has 0 aliphatic rings. The maximum atomic E-state index is 13.7. The lowest BCUT2D eigenvalue weighted by Gasteiger charge is -2.30. The second kappa shape index (κ2) is 6.02. The van der Waals surface area contributed by atoms with Gasteiger partial charge < -0.3 is 10.8 Å². The van der Waals surface area contributed by atoms with Gasteiger partial charge in [0.25, 0.3) is 0 Å². The fraction of sp³-hybridized carbons (Fsp3) is 0.500. The zero-order valence-electron chi connectivity index (χ0n) is 11.3. The van der Waals surface area contributed by atoms with Crippen LogP contribution in [0, 0.1) is 11.6 Å². The molecule has 0 saturated heterocycles. The van der Waals surface area contributed by atoms with Gasteiger partial charge >= 0.3 is 0 Å². The Hall–Kier alpha value is -1.25. The van der Waals surface area contributed by atoms with Crippen LogP contribution in [0.1, 0.15) is 26.7 Å². The molecule has 0 spiro atoms. The Balaban J connectivity index is 3.31.